The van der Waals surface area contributed by atoms with Gasteiger partial charge >= 0.3 is 6.03 Å². The number of hydrogen-bond acceptors (Lipinski definition) is 3. The smallest absolute Gasteiger partial charge is 0.332 e. The van der Waals surface area contributed by atoms with Crippen LogP contribution in [-0.4, -0.2) is 12.2 Å². The number of carbonyl (C=O) groups is 1. The second kappa shape index (κ2) is 5.37. The molecule has 0 saturated carbocycles. The Morgan fingerprint density at radius 2 is 2.11 bits per heavy atom. The summed E-state index contributed by atoms with van der Waals surface area (Å²) >= 11 is 6.05. The number of nitrogens with two attached hydrogens (primary N) is 1. The molecule has 0 unspecified atom stereocenters. The lowest BCUT2D eigenvalue weighted by atomic mass is 10.2. The van der Waals surface area contributed by atoms with E-state index in [9.17, 15) is 4.79 Å². The fourth-order valence-corrected chi connectivity index (χ4v) is 1.62. The largest absolute Gasteiger partial charge is 0.455 e. The Hall–Kier alpha value is -2.27. The minimum atomic E-state index is -0.732. The van der Waals surface area contributed by atoms with Crippen molar-refractivity contribution in [2.75, 3.05) is 0 Å². The fourth-order valence-electron chi connectivity index (χ4n) is 1.39. The second-order valence-electron chi connectivity index (χ2n) is 3.42. The quantitative estimate of drug-likeness (QED) is 0.659. The molecule has 2 rings (SSSR count). The average Bonchev–Trinajstić information content (AvgIpc) is 2.78. The van der Waals surface area contributed by atoms with Crippen LogP contribution in [-0.2, 0) is 0 Å². The van der Waals surface area contributed by atoms with Gasteiger partial charge in [0.2, 0.25) is 0 Å². The third kappa shape index (κ3) is 2.89. The standard InChI is InChI=1S/C12H10ClN3O2/c13-10-4-2-1-3-9(10)11-6-5-8(18-11)7-15-16-12(14)17/h1-7H,(H3,14,16,17)/b15-7-. The van der Waals surface area contributed by atoms with Crippen molar-refractivity contribution in [3.63, 3.8) is 0 Å². The Kier molecular flexibility index (Phi) is 3.64. The first-order chi connectivity index (χ1) is 8.66. The van der Waals surface area contributed by atoms with Gasteiger partial charge in [0.25, 0.3) is 0 Å². The van der Waals surface area contributed by atoms with Gasteiger partial charge in [-0.1, -0.05) is 23.7 Å². The number of nitrogens with zero attached hydrogens (tertiary/aromatic N) is 1. The first-order valence-corrected chi connectivity index (χ1v) is 5.48. The first-order valence-electron chi connectivity index (χ1n) is 5.10. The minimum absolute atomic E-state index is 0.485. The number of hydrazone groups is 1. The van der Waals surface area contributed by atoms with Crippen LogP contribution >= 0.6 is 11.6 Å². The molecule has 1 heterocycles. The molecule has 0 aliphatic carbocycles. The van der Waals surface area contributed by atoms with Crippen molar-refractivity contribution in [3.05, 3.63) is 47.2 Å². The molecule has 1 aromatic carbocycles. The summed E-state index contributed by atoms with van der Waals surface area (Å²) in [6.45, 7) is 0. The number of amides is 2. The topological polar surface area (TPSA) is 80.6 Å². The van der Waals surface area contributed by atoms with Crippen LogP contribution in [0.25, 0.3) is 11.3 Å². The summed E-state index contributed by atoms with van der Waals surface area (Å²) in [6, 6.07) is 10.1. The summed E-state index contributed by atoms with van der Waals surface area (Å²) in [4.78, 5) is 10.4. The number of benzene rings is 1. The summed E-state index contributed by atoms with van der Waals surface area (Å²) in [5, 5.41) is 4.20. The summed E-state index contributed by atoms with van der Waals surface area (Å²) in [5.41, 5.74) is 7.73. The maximum Gasteiger partial charge on any atom is 0.332 e. The van der Waals surface area contributed by atoms with Crippen molar-refractivity contribution in [2.24, 2.45) is 10.8 Å². The van der Waals surface area contributed by atoms with Gasteiger partial charge in [0.05, 0.1) is 11.2 Å². The molecule has 1 aromatic heterocycles. The van der Waals surface area contributed by atoms with E-state index >= 15 is 0 Å². The van der Waals surface area contributed by atoms with Crippen molar-refractivity contribution in [1.82, 2.24) is 5.43 Å². The van der Waals surface area contributed by atoms with Gasteiger partial charge in [0, 0.05) is 5.56 Å². The number of rotatable bonds is 3. The zero-order valence-electron chi connectivity index (χ0n) is 9.26. The third-order valence-electron chi connectivity index (χ3n) is 2.13. The minimum Gasteiger partial charge on any atom is -0.455 e. The van der Waals surface area contributed by atoms with E-state index in [0.717, 1.165) is 5.56 Å². The van der Waals surface area contributed by atoms with Crippen molar-refractivity contribution < 1.29 is 9.21 Å². The Bertz CT molecular complexity index is 593. The highest BCUT2D eigenvalue weighted by Gasteiger charge is 2.06. The monoisotopic (exact) mass is 263 g/mol. The number of nitrogens with one attached hydrogen (secondary N) is 1. The van der Waals surface area contributed by atoms with Crippen LogP contribution in [0.1, 0.15) is 5.76 Å². The Balaban J connectivity index is 2.18. The molecule has 6 heteroatoms. The van der Waals surface area contributed by atoms with Crippen LogP contribution in [0.4, 0.5) is 4.79 Å². The molecule has 0 aliphatic rings. The van der Waals surface area contributed by atoms with E-state index in [1.807, 2.05) is 18.2 Å². The van der Waals surface area contributed by atoms with Crippen molar-refractivity contribution >= 4 is 23.8 Å². The highest BCUT2D eigenvalue weighted by atomic mass is 35.5. The number of urea groups is 1. The maximum absolute atomic E-state index is 10.4. The molecule has 2 amide bonds. The molecule has 0 spiro atoms. The predicted octanol–water partition coefficient (Wildman–Crippen LogP) is 2.60. The summed E-state index contributed by atoms with van der Waals surface area (Å²) < 4.78 is 5.51. The van der Waals surface area contributed by atoms with Crippen LogP contribution < -0.4 is 11.2 Å². The summed E-state index contributed by atoms with van der Waals surface area (Å²) in [6.07, 6.45) is 1.35. The normalized spacial score (nSPS) is 10.7. The van der Waals surface area contributed by atoms with E-state index < -0.39 is 6.03 Å². The molecule has 92 valence electrons. The van der Waals surface area contributed by atoms with E-state index in [1.54, 1.807) is 18.2 Å². The van der Waals surface area contributed by atoms with E-state index in [2.05, 4.69) is 10.5 Å². The lowest BCUT2D eigenvalue weighted by molar-refractivity contribution is 0.249. The van der Waals surface area contributed by atoms with Gasteiger partial charge in [-0.2, -0.15) is 5.10 Å². The maximum atomic E-state index is 10.4. The Morgan fingerprint density at radius 3 is 2.83 bits per heavy atom. The third-order valence-corrected chi connectivity index (χ3v) is 2.46. The number of furan rings is 1. The molecule has 2 aromatic rings. The van der Waals surface area contributed by atoms with Crippen LogP contribution in [0.5, 0.6) is 0 Å². The van der Waals surface area contributed by atoms with Crippen molar-refractivity contribution in [2.45, 2.75) is 0 Å². The number of hydrogen-bond donors (Lipinski definition) is 2. The van der Waals surface area contributed by atoms with Gasteiger partial charge in [-0.25, -0.2) is 10.2 Å². The first kappa shape index (κ1) is 12.2. The molecule has 0 fully saturated rings. The highest BCUT2D eigenvalue weighted by Crippen LogP contribution is 2.28. The highest BCUT2D eigenvalue weighted by molar-refractivity contribution is 6.33. The predicted molar refractivity (Wildman–Crippen MR) is 69.5 cm³/mol. The van der Waals surface area contributed by atoms with E-state index in [4.69, 9.17) is 21.8 Å². The summed E-state index contributed by atoms with van der Waals surface area (Å²) in [5.74, 6) is 1.11. The zero-order chi connectivity index (χ0) is 13.0. The van der Waals surface area contributed by atoms with Crippen LogP contribution in [0, 0.1) is 0 Å². The van der Waals surface area contributed by atoms with Gasteiger partial charge in [0.1, 0.15) is 11.5 Å². The van der Waals surface area contributed by atoms with Crippen LogP contribution in [0.2, 0.25) is 5.02 Å². The van der Waals surface area contributed by atoms with Crippen molar-refractivity contribution in [1.29, 1.82) is 0 Å². The van der Waals surface area contributed by atoms with Gasteiger partial charge in [0.15, 0.2) is 0 Å². The van der Waals surface area contributed by atoms with E-state index in [0.29, 0.717) is 16.5 Å². The number of carbonyl (C=O) groups excluding carboxylic acids is 1. The molecule has 0 aliphatic heterocycles. The molecule has 0 bridgehead atoms. The SMILES string of the molecule is NC(=O)N/N=C\c1ccc(-c2ccccc2Cl)o1. The summed E-state index contributed by atoms with van der Waals surface area (Å²) in [7, 11) is 0. The molecular formula is C12H10ClN3O2. The molecule has 18 heavy (non-hydrogen) atoms. The zero-order valence-corrected chi connectivity index (χ0v) is 10.0. The van der Waals surface area contributed by atoms with Gasteiger partial charge in [-0.3, -0.25) is 0 Å². The molecule has 0 saturated heterocycles. The van der Waals surface area contributed by atoms with Crippen molar-refractivity contribution in [3.8, 4) is 11.3 Å². The van der Waals surface area contributed by atoms with Crippen LogP contribution in [0.3, 0.4) is 0 Å². The lowest BCUT2D eigenvalue weighted by Gasteiger charge is -1.98. The molecule has 3 N–H and O–H groups in total. The van der Waals surface area contributed by atoms with Gasteiger partial charge in [-0.05, 0) is 24.3 Å². The molecule has 5 nitrogen and oxygen atoms in total. The number of halogens is 1. The Morgan fingerprint density at radius 1 is 1.33 bits per heavy atom. The fraction of sp³-hybridized carbons (Fsp3) is 0. The van der Waals surface area contributed by atoms with Crippen LogP contribution in [0.15, 0.2) is 45.9 Å². The lowest BCUT2D eigenvalue weighted by Crippen LogP contribution is -2.24. The number of primary amides is 1. The molecule has 0 atom stereocenters. The Labute approximate surface area is 108 Å². The van der Waals surface area contributed by atoms with Gasteiger partial charge in [-0.15, -0.1) is 0 Å². The van der Waals surface area contributed by atoms with E-state index in [1.165, 1.54) is 6.21 Å². The van der Waals surface area contributed by atoms with E-state index in [-0.39, 0.29) is 0 Å². The van der Waals surface area contributed by atoms with Gasteiger partial charge < -0.3 is 10.2 Å². The molecular weight excluding hydrogens is 254 g/mol. The average molecular weight is 264 g/mol. The molecule has 0 radical (unpaired) electrons. The second-order valence-corrected chi connectivity index (χ2v) is 3.82.